The molecule has 0 saturated carbocycles. The van der Waals surface area contributed by atoms with Crippen LogP contribution in [0, 0.1) is 13.8 Å². The SMILES string of the molecule is CN=C(NCc1cccc(OC)c1)NCC(C)c1c(C)noc1C.I. The molecule has 1 unspecified atom stereocenters. The van der Waals surface area contributed by atoms with Crippen LogP contribution in [-0.2, 0) is 6.54 Å². The van der Waals surface area contributed by atoms with Crippen molar-refractivity contribution < 1.29 is 9.26 Å². The number of benzene rings is 1. The number of nitrogens with zero attached hydrogens (tertiary/aromatic N) is 2. The predicted molar refractivity (Wildman–Crippen MR) is 111 cm³/mol. The summed E-state index contributed by atoms with van der Waals surface area (Å²) in [6.45, 7) is 7.49. The topological polar surface area (TPSA) is 71.7 Å². The lowest BCUT2D eigenvalue weighted by molar-refractivity contribution is 0.391. The molecule has 1 atom stereocenters. The van der Waals surface area contributed by atoms with Crippen LogP contribution in [0.4, 0.5) is 0 Å². The fraction of sp³-hybridized carbons (Fsp3) is 0.444. The molecular formula is C18H27IN4O2. The van der Waals surface area contributed by atoms with E-state index in [-0.39, 0.29) is 29.9 Å². The molecule has 0 aliphatic heterocycles. The summed E-state index contributed by atoms with van der Waals surface area (Å²) in [5.74, 6) is 2.77. The van der Waals surface area contributed by atoms with Crippen molar-refractivity contribution in [3.05, 3.63) is 46.8 Å². The molecule has 1 heterocycles. The zero-order chi connectivity index (χ0) is 17.5. The lowest BCUT2D eigenvalue weighted by Gasteiger charge is -2.16. The minimum atomic E-state index is 0. The van der Waals surface area contributed by atoms with Gasteiger partial charge in [0.15, 0.2) is 5.96 Å². The van der Waals surface area contributed by atoms with Crippen LogP contribution in [0.15, 0.2) is 33.8 Å². The number of methoxy groups -OCH3 is 1. The maximum absolute atomic E-state index is 5.24. The van der Waals surface area contributed by atoms with Gasteiger partial charge < -0.3 is 19.9 Å². The van der Waals surface area contributed by atoms with Gasteiger partial charge in [0, 0.05) is 31.6 Å². The van der Waals surface area contributed by atoms with E-state index in [9.17, 15) is 0 Å². The molecule has 7 heteroatoms. The quantitative estimate of drug-likeness (QED) is 0.395. The number of aliphatic imine (C=N–C) groups is 1. The van der Waals surface area contributed by atoms with Gasteiger partial charge in [0.25, 0.3) is 0 Å². The monoisotopic (exact) mass is 458 g/mol. The number of hydrogen-bond donors (Lipinski definition) is 2. The molecule has 0 saturated heterocycles. The van der Waals surface area contributed by atoms with Crippen LogP contribution in [0.25, 0.3) is 0 Å². The Kier molecular flexibility index (Phi) is 8.74. The first kappa shape index (κ1) is 21.3. The highest BCUT2D eigenvalue weighted by atomic mass is 127. The zero-order valence-electron chi connectivity index (χ0n) is 15.4. The Labute approximate surface area is 166 Å². The summed E-state index contributed by atoms with van der Waals surface area (Å²) in [4.78, 5) is 4.27. The highest BCUT2D eigenvalue weighted by Gasteiger charge is 2.16. The van der Waals surface area contributed by atoms with Gasteiger partial charge in [-0.3, -0.25) is 4.99 Å². The van der Waals surface area contributed by atoms with E-state index in [2.05, 4.69) is 33.8 Å². The first-order valence-electron chi connectivity index (χ1n) is 8.05. The molecule has 25 heavy (non-hydrogen) atoms. The number of rotatable bonds is 6. The second-order valence-electron chi connectivity index (χ2n) is 5.80. The second-order valence-corrected chi connectivity index (χ2v) is 5.80. The standard InChI is InChI=1S/C18H26N4O2.HI/c1-12(17-13(2)22-24-14(17)3)10-20-18(19-4)21-11-15-7-6-8-16(9-15)23-5;/h6-9,12H,10-11H2,1-5H3,(H2,19,20,21);1H. The van der Waals surface area contributed by atoms with Crippen LogP contribution in [0.1, 0.15) is 35.4 Å². The van der Waals surface area contributed by atoms with Crippen molar-refractivity contribution >= 4 is 29.9 Å². The minimum Gasteiger partial charge on any atom is -0.497 e. The van der Waals surface area contributed by atoms with Gasteiger partial charge in [-0.2, -0.15) is 0 Å². The van der Waals surface area contributed by atoms with Gasteiger partial charge in [-0.15, -0.1) is 24.0 Å². The Morgan fingerprint density at radius 3 is 2.68 bits per heavy atom. The van der Waals surface area contributed by atoms with Gasteiger partial charge in [-0.1, -0.05) is 24.2 Å². The molecule has 2 rings (SSSR count). The van der Waals surface area contributed by atoms with Crippen molar-refractivity contribution in [3.63, 3.8) is 0 Å². The Bertz CT molecular complexity index is 681. The maximum Gasteiger partial charge on any atom is 0.191 e. The van der Waals surface area contributed by atoms with E-state index in [1.54, 1.807) is 14.2 Å². The Balaban J connectivity index is 0.00000312. The molecule has 6 nitrogen and oxygen atoms in total. The summed E-state index contributed by atoms with van der Waals surface area (Å²) in [6.07, 6.45) is 0. The van der Waals surface area contributed by atoms with Crippen molar-refractivity contribution in [3.8, 4) is 5.75 Å². The van der Waals surface area contributed by atoms with Gasteiger partial charge in [-0.05, 0) is 31.5 Å². The smallest absolute Gasteiger partial charge is 0.191 e. The molecular weight excluding hydrogens is 431 g/mol. The van der Waals surface area contributed by atoms with Crippen molar-refractivity contribution in [2.45, 2.75) is 33.2 Å². The van der Waals surface area contributed by atoms with Crippen molar-refractivity contribution in [1.29, 1.82) is 0 Å². The number of aromatic nitrogens is 1. The van der Waals surface area contributed by atoms with Gasteiger partial charge in [0.2, 0.25) is 0 Å². The molecule has 0 radical (unpaired) electrons. The van der Waals surface area contributed by atoms with Crippen molar-refractivity contribution in [2.75, 3.05) is 20.7 Å². The summed E-state index contributed by atoms with van der Waals surface area (Å²) in [7, 11) is 3.44. The average Bonchev–Trinajstić information content (AvgIpc) is 2.93. The van der Waals surface area contributed by atoms with Gasteiger partial charge in [0.05, 0.1) is 12.8 Å². The second kappa shape index (κ2) is 10.3. The summed E-state index contributed by atoms with van der Waals surface area (Å²) in [6, 6.07) is 7.97. The lowest BCUT2D eigenvalue weighted by Crippen LogP contribution is -2.38. The lowest BCUT2D eigenvalue weighted by atomic mass is 10.00. The van der Waals surface area contributed by atoms with Crippen LogP contribution < -0.4 is 15.4 Å². The Morgan fingerprint density at radius 2 is 2.08 bits per heavy atom. The molecule has 0 amide bonds. The van der Waals surface area contributed by atoms with Gasteiger partial charge in [-0.25, -0.2) is 0 Å². The third kappa shape index (κ3) is 5.91. The first-order chi connectivity index (χ1) is 11.5. The molecule has 138 valence electrons. The van der Waals surface area contributed by atoms with Gasteiger partial charge >= 0.3 is 0 Å². The molecule has 0 fully saturated rings. The molecule has 0 aliphatic carbocycles. The van der Waals surface area contributed by atoms with Crippen molar-refractivity contribution in [1.82, 2.24) is 15.8 Å². The average molecular weight is 458 g/mol. The molecule has 0 bridgehead atoms. The molecule has 1 aromatic carbocycles. The predicted octanol–water partition coefficient (Wildman–Crippen LogP) is 3.39. The largest absolute Gasteiger partial charge is 0.497 e. The summed E-state index contributed by atoms with van der Waals surface area (Å²) in [5.41, 5.74) is 3.24. The highest BCUT2D eigenvalue weighted by molar-refractivity contribution is 14.0. The number of nitrogens with one attached hydrogen (secondary N) is 2. The van der Waals surface area contributed by atoms with Gasteiger partial charge in [0.1, 0.15) is 11.5 Å². The molecule has 2 aromatic rings. The summed E-state index contributed by atoms with van der Waals surface area (Å²) >= 11 is 0. The zero-order valence-corrected chi connectivity index (χ0v) is 17.8. The van der Waals surface area contributed by atoms with E-state index in [1.165, 1.54) is 0 Å². The normalized spacial score (nSPS) is 12.3. The fourth-order valence-corrected chi connectivity index (χ4v) is 2.73. The molecule has 0 spiro atoms. The van der Waals surface area contributed by atoms with Crippen LogP contribution in [0.2, 0.25) is 0 Å². The van der Waals surface area contributed by atoms with E-state index < -0.39 is 0 Å². The number of aryl methyl sites for hydroxylation is 2. The van der Waals surface area contributed by atoms with Crippen molar-refractivity contribution in [2.24, 2.45) is 4.99 Å². The fourth-order valence-electron chi connectivity index (χ4n) is 2.73. The Morgan fingerprint density at radius 1 is 1.32 bits per heavy atom. The Hall–Kier alpha value is -1.77. The third-order valence-corrected chi connectivity index (χ3v) is 3.97. The van der Waals surface area contributed by atoms with Crippen LogP contribution in [0.3, 0.4) is 0 Å². The minimum absolute atomic E-state index is 0. The number of guanidine groups is 1. The maximum atomic E-state index is 5.24. The highest BCUT2D eigenvalue weighted by Crippen LogP contribution is 2.22. The van der Waals surface area contributed by atoms with E-state index in [4.69, 9.17) is 9.26 Å². The van der Waals surface area contributed by atoms with E-state index >= 15 is 0 Å². The van der Waals surface area contributed by atoms with E-state index in [1.807, 2.05) is 32.0 Å². The van der Waals surface area contributed by atoms with E-state index in [0.29, 0.717) is 6.54 Å². The van der Waals surface area contributed by atoms with Crippen LogP contribution in [0.5, 0.6) is 5.75 Å². The number of halogens is 1. The number of ether oxygens (including phenoxy) is 1. The molecule has 2 N–H and O–H groups in total. The molecule has 0 aliphatic rings. The van der Waals surface area contributed by atoms with Crippen LogP contribution >= 0.6 is 24.0 Å². The van der Waals surface area contributed by atoms with E-state index in [0.717, 1.165) is 40.8 Å². The first-order valence-corrected chi connectivity index (χ1v) is 8.05. The van der Waals surface area contributed by atoms with Crippen LogP contribution in [-0.4, -0.2) is 31.8 Å². The summed E-state index contributed by atoms with van der Waals surface area (Å²) < 4.78 is 10.5. The number of hydrogen-bond acceptors (Lipinski definition) is 4. The molecule has 1 aromatic heterocycles. The summed E-state index contributed by atoms with van der Waals surface area (Å²) in [5, 5.41) is 10.7. The third-order valence-electron chi connectivity index (χ3n) is 3.97.